The van der Waals surface area contributed by atoms with Crippen molar-refractivity contribution in [3.63, 3.8) is 0 Å². The quantitative estimate of drug-likeness (QED) is 0.855. The Morgan fingerprint density at radius 1 is 1.17 bits per heavy atom. The second-order valence-electron chi connectivity index (χ2n) is 4.81. The minimum absolute atomic E-state index is 0.205. The summed E-state index contributed by atoms with van der Waals surface area (Å²) in [5, 5.41) is 11.5. The number of nitriles is 1. The first-order valence-electron chi connectivity index (χ1n) is 7.07. The van der Waals surface area contributed by atoms with Crippen molar-refractivity contribution < 1.29 is 19.0 Å². The summed E-state index contributed by atoms with van der Waals surface area (Å²) < 4.78 is 16.0. The number of fused-ring (bicyclic) bond motifs is 1. The highest BCUT2D eigenvalue weighted by molar-refractivity contribution is 5.94. The van der Waals surface area contributed by atoms with E-state index in [2.05, 4.69) is 5.32 Å². The van der Waals surface area contributed by atoms with E-state index in [1.54, 1.807) is 42.5 Å². The molecule has 1 amide bonds. The molecule has 1 aliphatic rings. The molecule has 0 aliphatic carbocycles. The van der Waals surface area contributed by atoms with Gasteiger partial charge in [0.2, 0.25) is 6.79 Å². The Morgan fingerprint density at radius 3 is 2.74 bits per heavy atom. The van der Waals surface area contributed by atoms with Crippen LogP contribution in [0.3, 0.4) is 0 Å². The molecule has 1 N–H and O–H groups in total. The minimum atomic E-state index is -0.205. The molecule has 0 spiro atoms. The lowest BCUT2D eigenvalue weighted by molar-refractivity contribution is 0.0947. The molecule has 0 fully saturated rings. The van der Waals surface area contributed by atoms with Gasteiger partial charge in [0.05, 0.1) is 18.2 Å². The number of rotatable bonds is 5. The summed E-state index contributed by atoms with van der Waals surface area (Å²) >= 11 is 0. The van der Waals surface area contributed by atoms with E-state index in [0.717, 1.165) is 0 Å². The lowest BCUT2D eigenvalue weighted by Gasteiger charge is -2.08. The van der Waals surface area contributed by atoms with Crippen molar-refractivity contribution in [2.24, 2.45) is 0 Å². The number of nitrogens with one attached hydrogen (secondary N) is 1. The molecule has 1 heterocycles. The second kappa shape index (κ2) is 6.71. The van der Waals surface area contributed by atoms with Gasteiger partial charge in [0.1, 0.15) is 12.4 Å². The monoisotopic (exact) mass is 310 g/mol. The maximum absolute atomic E-state index is 11.9. The molecular weight excluding hydrogens is 296 g/mol. The Morgan fingerprint density at radius 2 is 1.96 bits per heavy atom. The maximum Gasteiger partial charge on any atom is 0.251 e. The van der Waals surface area contributed by atoms with Gasteiger partial charge in [-0.25, -0.2) is 0 Å². The van der Waals surface area contributed by atoms with Crippen LogP contribution in [0.4, 0.5) is 0 Å². The van der Waals surface area contributed by atoms with Crippen molar-refractivity contribution in [3.05, 3.63) is 53.6 Å². The predicted octanol–water partition coefficient (Wildman–Crippen LogP) is 2.10. The first-order chi connectivity index (χ1) is 11.3. The van der Waals surface area contributed by atoms with Gasteiger partial charge in [-0.15, -0.1) is 0 Å². The fraction of sp³-hybridized carbons (Fsp3) is 0.176. The Bertz CT molecular complexity index is 750. The first kappa shape index (κ1) is 14.7. The SMILES string of the molecule is N#Cc1ccc(C(=O)NCCOc2ccc3c(c2)OCO3)cc1. The zero-order valence-corrected chi connectivity index (χ0v) is 12.2. The number of hydrogen-bond donors (Lipinski definition) is 1. The summed E-state index contributed by atoms with van der Waals surface area (Å²) in [7, 11) is 0. The molecule has 1 aliphatic heterocycles. The van der Waals surface area contributed by atoms with Gasteiger partial charge in [0.25, 0.3) is 5.91 Å². The number of carbonyl (C=O) groups is 1. The van der Waals surface area contributed by atoms with Crippen LogP contribution in [0.2, 0.25) is 0 Å². The lowest BCUT2D eigenvalue weighted by atomic mass is 10.1. The largest absolute Gasteiger partial charge is 0.492 e. The van der Waals surface area contributed by atoms with Gasteiger partial charge >= 0.3 is 0 Å². The molecule has 2 aromatic carbocycles. The summed E-state index contributed by atoms with van der Waals surface area (Å²) in [6.07, 6.45) is 0. The van der Waals surface area contributed by atoms with Crippen LogP contribution in [0.1, 0.15) is 15.9 Å². The van der Waals surface area contributed by atoms with Crippen molar-refractivity contribution in [1.29, 1.82) is 5.26 Å². The van der Waals surface area contributed by atoms with Crippen LogP contribution in [0.25, 0.3) is 0 Å². The van der Waals surface area contributed by atoms with E-state index in [9.17, 15) is 4.79 Å². The van der Waals surface area contributed by atoms with Gasteiger partial charge in [0, 0.05) is 11.6 Å². The molecule has 0 saturated heterocycles. The molecule has 0 saturated carbocycles. The average molecular weight is 310 g/mol. The number of amides is 1. The fourth-order valence-corrected chi connectivity index (χ4v) is 2.10. The van der Waals surface area contributed by atoms with E-state index < -0.39 is 0 Å². The number of hydrogen-bond acceptors (Lipinski definition) is 5. The molecule has 0 bridgehead atoms. The number of carbonyl (C=O) groups excluding carboxylic acids is 1. The molecule has 23 heavy (non-hydrogen) atoms. The summed E-state index contributed by atoms with van der Waals surface area (Å²) in [5.41, 5.74) is 1.03. The number of benzene rings is 2. The highest BCUT2D eigenvalue weighted by atomic mass is 16.7. The van der Waals surface area contributed by atoms with Gasteiger partial charge in [-0.05, 0) is 36.4 Å². The van der Waals surface area contributed by atoms with E-state index in [1.165, 1.54) is 0 Å². The zero-order chi connectivity index (χ0) is 16.1. The van der Waals surface area contributed by atoms with Gasteiger partial charge < -0.3 is 19.5 Å². The van der Waals surface area contributed by atoms with Crippen molar-refractivity contribution >= 4 is 5.91 Å². The Hall–Kier alpha value is -3.20. The van der Waals surface area contributed by atoms with Crippen LogP contribution in [-0.4, -0.2) is 25.9 Å². The third kappa shape index (κ3) is 3.52. The Kier molecular flexibility index (Phi) is 4.29. The fourth-order valence-electron chi connectivity index (χ4n) is 2.10. The van der Waals surface area contributed by atoms with E-state index in [4.69, 9.17) is 19.5 Å². The van der Waals surface area contributed by atoms with Crippen molar-refractivity contribution in [3.8, 4) is 23.3 Å². The average Bonchev–Trinajstić information content (AvgIpc) is 3.06. The Labute approximate surface area is 133 Å². The van der Waals surface area contributed by atoms with Gasteiger partial charge in [0.15, 0.2) is 11.5 Å². The smallest absolute Gasteiger partial charge is 0.251 e. The summed E-state index contributed by atoms with van der Waals surface area (Å²) in [5.74, 6) is 1.81. The zero-order valence-electron chi connectivity index (χ0n) is 12.2. The van der Waals surface area contributed by atoms with Crippen LogP contribution in [0, 0.1) is 11.3 Å². The molecule has 0 radical (unpaired) electrons. The molecular formula is C17H14N2O4. The first-order valence-corrected chi connectivity index (χ1v) is 7.07. The molecule has 0 atom stereocenters. The van der Waals surface area contributed by atoms with Crippen LogP contribution >= 0.6 is 0 Å². The summed E-state index contributed by atoms with van der Waals surface area (Å²) in [4.78, 5) is 11.9. The van der Waals surface area contributed by atoms with E-state index in [1.807, 2.05) is 6.07 Å². The normalized spacial score (nSPS) is 11.6. The third-order valence-electron chi connectivity index (χ3n) is 3.28. The maximum atomic E-state index is 11.9. The van der Waals surface area contributed by atoms with E-state index >= 15 is 0 Å². The summed E-state index contributed by atoms with van der Waals surface area (Å²) in [6.45, 7) is 0.925. The van der Waals surface area contributed by atoms with E-state index in [0.29, 0.717) is 41.5 Å². The highest BCUT2D eigenvalue weighted by Gasteiger charge is 2.13. The molecule has 2 aromatic rings. The molecule has 6 nitrogen and oxygen atoms in total. The highest BCUT2D eigenvalue weighted by Crippen LogP contribution is 2.34. The van der Waals surface area contributed by atoms with Gasteiger partial charge in [-0.1, -0.05) is 0 Å². The number of nitrogens with zero attached hydrogens (tertiary/aromatic N) is 1. The Balaban J connectivity index is 1.46. The van der Waals surface area contributed by atoms with Crippen LogP contribution in [-0.2, 0) is 0 Å². The molecule has 0 aromatic heterocycles. The van der Waals surface area contributed by atoms with Crippen molar-refractivity contribution in [2.45, 2.75) is 0 Å². The van der Waals surface area contributed by atoms with E-state index in [-0.39, 0.29) is 12.7 Å². The molecule has 3 rings (SSSR count). The molecule has 6 heteroatoms. The van der Waals surface area contributed by atoms with Gasteiger partial charge in [-0.2, -0.15) is 5.26 Å². The molecule has 116 valence electrons. The molecule has 0 unspecified atom stereocenters. The number of ether oxygens (including phenoxy) is 3. The lowest BCUT2D eigenvalue weighted by Crippen LogP contribution is -2.28. The van der Waals surface area contributed by atoms with Crippen LogP contribution in [0.15, 0.2) is 42.5 Å². The second-order valence-corrected chi connectivity index (χ2v) is 4.81. The predicted molar refractivity (Wildman–Crippen MR) is 81.6 cm³/mol. The van der Waals surface area contributed by atoms with Crippen molar-refractivity contribution in [2.75, 3.05) is 19.9 Å². The van der Waals surface area contributed by atoms with Crippen LogP contribution < -0.4 is 19.5 Å². The summed E-state index contributed by atoms with van der Waals surface area (Å²) in [6, 6.07) is 13.8. The van der Waals surface area contributed by atoms with Gasteiger partial charge in [-0.3, -0.25) is 4.79 Å². The standard InChI is InChI=1S/C17H14N2O4/c18-10-12-1-3-13(4-2-12)17(20)19-7-8-21-14-5-6-15-16(9-14)23-11-22-15/h1-6,9H,7-8,11H2,(H,19,20). The topological polar surface area (TPSA) is 80.6 Å². The van der Waals surface area contributed by atoms with Crippen LogP contribution in [0.5, 0.6) is 17.2 Å². The minimum Gasteiger partial charge on any atom is -0.492 e. The third-order valence-corrected chi connectivity index (χ3v) is 3.28. The van der Waals surface area contributed by atoms with Crippen molar-refractivity contribution in [1.82, 2.24) is 5.32 Å².